The van der Waals surface area contributed by atoms with Crippen molar-refractivity contribution >= 4 is 11.9 Å². The van der Waals surface area contributed by atoms with E-state index in [-0.39, 0.29) is 18.6 Å². The monoisotopic (exact) mass is 246 g/mol. The number of ether oxygens (including phenoxy) is 2. The first kappa shape index (κ1) is 15.9. The summed E-state index contributed by atoms with van der Waals surface area (Å²) in [5.41, 5.74) is 0. The van der Waals surface area contributed by atoms with Gasteiger partial charge in [-0.15, -0.1) is 0 Å². The lowest BCUT2D eigenvalue weighted by molar-refractivity contribution is -0.165. The van der Waals surface area contributed by atoms with Crippen molar-refractivity contribution in [1.82, 2.24) is 0 Å². The van der Waals surface area contributed by atoms with Crippen molar-refractivity contribution in [2.45, 2.75) is 65.3 Å². The molecule has 0 saturated heterocycles. The van der Waals surface area contributed by atoms with Crippen molar-refractivity contribution in [2.24, 2.45) is 0 Å². The molecule has 1 N–H and O–H groups in total. The van der Waals surface area contributed by atoms with Crippen LogP contribution in [0.5, 0.6) is 0 Å². The molecule has 0 fully saturated rings. The van der Waals surface area contributed by atoms with E-state index in [4.69, 9.17) is 9.47 Å². The molecule has 0 amide bonds. The first-order chi connectivity index (χ1) is 7.90. The second-order valence-corrected chi connectivity index (χ2v) is 4.08. The summed E-state index contributed by atoms with van der Waals surface area (Å²) in [7, 11) is 0. The highest BCUT2D eigenvalue weighted by Gasteiger charge is 2.23. The van der Waals surface area contributed by atoms with E-state index in [2.05, 4.69) is 0 Å². The van der Waals surface area contributed by atoms with Gasteiger partial charge in [0.1, 0.15) is 0 Å². The number of hydrogen-bond donors (Lipinski definition) is 1. The number of carbonyl (C=O) groups is 2. The van der Waals surface area contributed by atoms with E-state index in [1.54, 1.807) is 13.8 Å². The number of hydrogen-bond acceptors (Lipinski definition) is 5. The van der Waals surface area contributed by atoms with Crippen LogP contribution in [0.15, 0.2) is 0 Å². The Balaban J connectivity index is 4.03. The summed E-state index contributed by atoms with van der Waals surface area (Å²) < 4.78 is 9.84. The van der Waals surface area contributed by atoms with Crippen LogP contribution in [0.25, 0.3) is 0 Å². The van der Waals surface area contributed by atoms with Crippen molar-refractivity contribution in [3.8, 4) is 0 Å². The lowest BCUT2D eigenvalue weighted by atomic mass is 10.2. The second kappa shape index (κ2) is 8.06. The minimum atomic E-state index is -1.44. The van der Waals surface area contributed by atoms with Gasteiger partial charge in [-0.2, -0.15) is 0 Å². The lowest BCUT2D eigenvalue weighted by Crippen LogP contribution is -2.30. The molecule has 0 radical (unpaired) electrons. The minimum absolute atomic E-state index is 0.208. The zero-order chi connectivity index (χ0) is 13.4. The maximum absolute atomic E-state index is 11.3. The average Bonchev–Trinajstić information content (AvgIpc) is 2.28. The highest BCUT2D eigenvalue weighted by Crippen LogP contribution is 2.05. The van der Waals surface area contributed by atoms with Crippen LogP contribution in [0.4, 0.5) is 0 Å². The van der Waals surface area contributed by atoms with Crippen molar-refractivity contribution < 1.29 is 24.2 Å². The molecule has 0 aromatic carbocycles. The molecule has 0 aliphatic carbocycles. The largest absolute Gasteiger partial charge is 0.463 e. The van der Waals surface area contributed by atoms with Gasteiger partial charge in [-0.3, -0.25) is 4.79 Å². The number of carbonyl (C=O) groups excluding carboxylic acids is 2. The van der Waals surface area contributed by atoms with Crippen molar-refractivity contribution in [3.05, 3.63) is 0 Å². The molecule has 0 aromatic heterocycles. The van der Waals surface area contributed by atoms with Gasteiger partial charge in [0.25, 0.3) is 0 Å². The van der Waals surface area contributed by atoms with Crippen LogP contribution in [-0.2, 0) is 19.1 Å². The third kappa shape index (κ3) is 6.94. The van der Waals surface area contributed by atoms with Crippen molar-refractivity contribution in [2.75, 3.05) is 0 Å². The maximum Gasteiger partial charge on any atom is 0.335 e. The fourth-order valence-electron chi connectivity index (χ4n) is 0.957. The molecule has 100 valence electrons. The Bertz CT molecular complexity index is 251. The molecular weight excluding hydrogens is 224 g/mol. The number of rotatable bonds is 7. The number of aliphatic hydroxyl groups excluding tert-OH is 1. The van der Waals surface area contributed by atoms with Gasteiger partial charge in [0.05, 0.1) is 18.6 Å². The van der Waals surface area contributed by atoms with Gasteiger partial charge in [-0.1, -0.05) is 13.8 Å². The third-order valence-corrected chi connectivity index (χ3v) is 2.43. The molecule has 0 bridgehead atoms. The normalized spacial score (nSPS) is 15.8. The quantitative estimate of drug-likeness (QED) is 0.688. The van der Waals surface area contributed by atoms with Crippen molar-refractivity contribution in [3.63, 3.8) is 0 Å². The van der Waals surface area contributed by atoms with E-state index in [9.17, 15) is 14.7 Å². The van der Waals surface area contributed by atoms with Gasteiger partial charge in [-0.05, 0) is 26.7 Å². The molecule has 17 heavy (non-hydrogen) atoms. The molecule has 0 spiro atoms. The zero-order valence-corrected chi connectivity index (χ0v) is 10.9. The molecule has 3 atom stereocenters. The molecule has 0 heterocycles. The molecule has 0 aliphatic heterocycles. The molecule has 5 nitrogen and oxygen atoms in total. The van der Waals surface area contributed by atoms with Gasteiger partial charge in [0, 0.05) is 0 Å². The van der Waals surface area contributed by atoms with E-state index in [1.165, 1.54) is 0 Å². The fourth-order valence-corrected chi connectivity index (χ4v) is 0.957. The van der Waals surface area contributed by atoms with Gasteiger partial charge in [0.15, 0.2) is 6.10 Å². The predicted octanol–water partition coefficient (Wildman–Crippen LogP) is 1.42. The smallest absolute Gasteiger partial charge is 0.335 e. The fraction of sp³-hybridized carbons (Fsp3) is 0.833. The summed E-state index contributed by atoms with van der Waals surface area (Å²) in [6.07, 6.45) is -0.919. The minimum Gasteiger partial charge on any atom is -0.463 e. The van der Waals surface area contributed by atoms with Crippen LogP contribution >= 0.6 is 0 Å². The Morgan fingerprint density at radius 1 is 1.06 bits per heavy atom. The van der Waals surface area contributed by atoms with Crippen LogP contribution < -0.4 is 0 Å². The number of esters is 2. The molecule has 0 aliphatic rings. The van der Waals surface area contributed by atoms with E-state index in [1.807, 2.05) is 13.8 Å². The van der Waals surface area contributed by atoms with Crippen LogP contribution in [0.3, 0.4) is 0 Å². The topological polar surface area (TPSA) is 72.8 Å². The molecule has 0 aromatic rings. The first-order valence-electron chi connectivity index (χ1n) is 5.98. The maximum atomic E-state index is 11.3. The van der Waals surface area contributed by atoms with Gasteiger partial charge >= 0.3 is 11.9 Å². The summed E-state index contributed by atoms with van der Waals surface area (Å²) in [5.74, 6) is -1.37. The summed E-state index contributed by atoms with van der Waals surface area (Å²) in [5, 5.41) is 9.44. The van der Waals surface area contributed by atoms with Crippen LogP contribution in [0, 0.1) is 0 Å². The van der Waals surface area contributed by atoms with Crippen LogP contribution in [0.1, 0.15) is 47.0 Å². The van der Waals surface area contributed by atoms with Crippen molar-refractivity contribution in [1.29, 1.82) is 0 Å². The Morgan fingerprint density at radius 3 is 2.00 bits per heavy atom. The molecule has 5 heteroatoms. The first-order valence-corrected chi connectivity index (χ1v) is 5.98. The summed E-state index contributed by atoms with van der Waals surface area (Å²) >= 11 is 0. The van der Waals surface area contributed by atoms with Gasteiger partial charge in [0.2, 0.25) is 0 Å². The van der Waals surface area contributed by atoms with E-state index < -0.39 is 18.0 Å². The van der Waals surface area contributed by atoms with E-state index in [0.29, 0.717) is 12.8 Å². The van der Waals surface area contributed by atoms with Crippen LogP contribution in [-0.4, -0.2) is 35.4 Å². The zero-order valence-electron chi connectivity index (χ0n) is 10.9. The standard InChI is InChI=1S/C12H22O5/c1-5-8(3)16-11(14)7-10(13)12(15)17-9(4)6-2/h8-10,13H,5-7H2,1-4H3. The molecular formula is C12H22O5. The highest BCUT2D eigenvalue weighted by molar-refractivity contribution is 5.81. The average molecular weight is 246 g/mol. The molecule has 0 rings (SSSR count). The SMILES string of the molecule is CCC(C)OC(=O)CC(O)C(=O)OC(C)CC. The summed E-state index contributed by atoms with van der Waals surface area (Å²) in [6, 6.07) is 0. The lowest BCUT2D eigenvalue weighted by Gasteiger charge is -2.15. The van der Waals surface area contributed by atoms with E-state index >= 15 is 0 Å². The Hall–Kier alpha value is -1.10. The van der Waals surface area contributed by atoms with Gasteiger partial charge in [-0.25, -0.2) is 4.79 Å². The third-order valence-electron chi connectivity index (χ3n) is 2.43. The summed E-state index contributed by atoms with van der Waals surface area (Å²) in [4.78, 5) is 22.6. The summed E-state index contributed by atoms with van der Waals surface area (Å²) in [6.45, 7) is 7.22. The van der Waals surface area contributed by atoms with E-state index in [0.717, 1.165) is 0 Å². The Morgan fingerprint density at radius 2 is 1.53 bits per heavy atom. The Kier molecular flexibility index (Phi) is 7.54. The Labute approximate surface area is 102 Å². The second-order valence-electron chi connectivity index (χ2n) is 4.08. The number of aliphatic hydroxyl groups is 1. The molecule has 0 saturated carbocycles. The van der Waals surface area contributed by atoms with Gasteiger partial charge < -0.3 is 14.6 Å². The predicted molar refractivity (Wildman–Crippen MR) is 62.3 cm³/mol. The molecule has 3 unspecified atom stereocenters. The highest BCUT2D eigenvalue weighted by atomic mass is 16.6. The van der Waals surface area contributed by atoms with Crippen LogP contribution in [0.2, 0.25) is 0 Å².